The first kappa shape index (κ1) is 18.5. The van der Waals surface area contributed by atoms with Gasteiger partial charge in [-0.05, 0) is 43.7 Å². The molecule has 0 aliphatic carbocycles. The van der Waals surface area contributed by atoms with Gasteiger partial charge in [0.15, 0.2) is 6.10 Å². The zero-order valence-electron chi connectivity index (χ0n) is 14.4. The van der Waals surface area contributed by atoms with Crippen molar-refractivity contribution in [2.45, 2.75) is 20.0 Å². The number of nitrogens with one attached hydrogen (secondary N) is 1. The highest BCUT2D eigenvalue weighted by molar-refractivity contribution is 7.92. The van der Waals surface area contributed by atoms with Crippen molar-refractivity contribution in [2.24, 2.45) is 0 Å². The molecule has 8 heteroatoms. The van der Waals surface area contributed by atoms with Crippen LogP contribution in [-0.2, 0) is 14.8 Å². The van der Waals surface area contributed by atoms with E-state index >= 15 is 0 Å². The van der Waals surface area contributed by atoms with Crippen LogP contribution in [0.25, 0.3) is 0 Å². The maximum absolute atomic E-state index is 12.6. The van der Waals surface area contributed by atoms with Crippen LogP contribution >= 0.6 is 11.6 Å². The molecule has 1 unspecified atom stereocenters. The Balaban J connectivity index is 1.87. The van der Waals surface area contributed by atoms with Crippen LogP contribution in [0.5, 0.6) is 5.75 Å². The van der Waals surface area contributed by atoms with Crippen molar-refractivity contribution in [2.75, 3.05) is 21.9 Å². The van der Waals surface area contributed by atoms with E-state index in [1.807, 2.05) is 6.92 Å². The van der Waals surface area contributed by atoms with Crippen LogP contribution in [0.2, 0.25) is 5.02 Å². The minimum absolute atomic E-state index is 0.0662. The summed E-state index contributed by atoms with van der Waals surface area (Å²) in [5, 5.41) is 3.27. The lowest BCUT2D eigenvalue weighted by atomic mass is 10.2. The minimum atomic E-state index is -3.53. The molecule has 1 heterocycles. The number of nitrogens with zero attached hydrogens (tertiary/aromatic N) is 1. The van der Waals surface area contributed by atoms with Gasteiger partial charge in [0.05, 0.1) is 18.0 Å². The first-order valence-electron chi connectivity index (χ1n) is 8.15. The summed E-state index contributed by atoms with van der Waals surface area (Å²) >= 11 is 6.08. The molecule has 1 atom stereocenters. The van der Waals surface area contributed by atoms with Crippen molar-refractivity contribution >= 4 is 38.9 Å². The molecule has 1 aliphatic rings. The van der Waals surface area contributed by atoms with Crippen LogP contribution in [0.1, 0.15) is 12.5 Å². The van der Waals surface area contributed by atoms with Crippen molar-refractivity contribution in [3.8, 4) is 5.75 Å². The zero-order valence-corrected chi connectivity index (χ0v) is 16.0. The maximum atomic E-state index is 12.6. The summed E-state index contributed by atoms with van der Waals surface area (Å²) in [6.07, 6.45) is -0.966. The van der Waals surface area contributed by atoms with E-state index in [-0.39, 0.29) is 12.3 Å². The number of fused-ring (bicyclic) bond motifs is 1. The Labute approximate surface area is 157 Å². The second kappa shape index (κ2) is 7.17. The van der Waals surface area contributed by atoms with Gasteiger partial charge in [-0.3, -0.25) is 9.10 Å². The molecule has 138 valence electrons. The number of sulfonamides is 1. The number of carbonyl (C=O) groups excluding carboxylic acids is 1. The number of benzene rings is 2. The van der Waals surface area contributed by atoms with Gasteiger partial charge in [0.2, 0.25) is 10.0 Å². The van der Waals surface area contributed by atoms with Gasteiger partial charge in [-0.2, -0.15) is 0 Å². The first-order chi connectivity index (χ1) is 12.3. The Hall–Kier alpha value is -2.25. The maximum Gasteiger partial charge on any atom is 0.267 e. The summed E-state index contributed by atoms with van der Waals surface area (Å²) in [7, 11) is -3.53. The Morgan fingerprint density at radius 1 is 1.31 bits per heavy atom. The summed E-state index contributed by atoms with van der Waals surface area (Å²) in [4.78, 5) is 12.6. The number of rotatable bonds is 4. The van der Waals surface area contributed by atoms with E-state index in [0.717, 1.165) is 5.56 Å². The number of hydrogen-bond donors (Lipinski definition) is 1. The van der Waals surface area contributed by atoms with Crippen molar-refractivity contribution in [1.82, 2.24) is 0 Å². The third kappa shape index (κ3) is 3.64. The van der Waals surface area contributed by atoms with Gasteiger partial charge in [-0.25, -0.2) is 8.42 Å². The normalized spacial score (nSPS) is 16.6. The lowest BCUT2D eigenvalue weighted by Crippen LogP contribution is -2.49. The fourth-order valence-electron chi connectivity index (χ4n) is 2.65. The highest BCUT2D eigenvalue weighted by atomic mass is 35.5. The molecule has 1 N–H and O–H groups in total. The number of amides is 1. The Morgan fingerprint density at radius 2 is 2.04 bits per heavy atom. The fraction of sp³-hybridized carbons (Fsp3) is 0.278. The van der Waals surface area contributed by atoms with Crippen molar-refractivity contribution in [3.05, 3.63) is 53.1 Å². The number of ether oxygens (including phenoxy) is 1. The highest BCUT2D eigenvalue weighted by Crippen LogP contribution is 2.35. The van der Waals surface area contributed by atoms with Gasteiger partial charge in [-0.15, -0.1) is 0 Å². The van der Waals surface area contributed by atoms with Crippen molar-refractivity contribution in [3.63, 3.8) is 0 Å². The number of carbonyl (C=O) groups is 1. The molecule has 0 spiro atoms. The molecule has 0 saturated carbocycles. The number of para-hydroxylation sites is 2. The smallest absolute Gasteiger partial charge is 0.267 e. The predicted molar refractivity (Wildman–Crippen MR) is 102 cm³/mol. The predicted octanol–water partition coefficient (Wildman–Crippen LogP) is 3.20. The molecular weight excluding hydrogens is 376 g/mol. The topological polar surface area (TPSA) is 75.7 Å². The van der Waals surface area contributed by atoms with Crippen LogP contribution in [0.3, 0.4) is 0 Å². The minimum Gasteiger partial charge on any atom is -0.476 e. The Bertz CT molecular complexity index is 946. The van der Waals surface area contributed by atoms with E-state index in [4.69, 9.17) is 16.3 Å². The van der Waals surface area contributed by atoms with Gasteiger partial charge in [0.1, 0.15) is 5.75 Å². The summed E-state index contributed by atoms with van der Waals surface area (Å²) in [6.45, 7) is 3.35. The lowest BCUT2D eigenvalue weighted by Gasteiger charge is -2.34. The zero-order chi connectivity index (χ0) is 18.9. The molecular formula is C18H19ClN2O4S. The second-order valence-electron chi connectivity index (χ2n) is 5.96. The standard InChI is InChI=1S/C18H19ClN2O4S/c1-3-26(23,24)21-11-17(25-16-7-5-4-6-15(16)21)18(22)20-13-9-8-12(2)14(19)10-13/h4-10,17H,3,11H2,1-2H3,(H,20,22). The monoisotopic (exact) mass is 394 g/mol. The number of halogens is 1. The quantitative estimate of drug-likeness (QED) is 0.863. The Morgan fingerprint density at radius 3 is 2.73 bits per heavy atom. The molecule has 6 nitrogen and oxygen atoms in total. The largest absolute Gasteiger partial charge is 0.476 e. The van der Waals surface area contributed by atoms with Crippen LogP contribution in [0.15, 0.2) is 42.5 Å². The van der Waals surface area contributed by atoms with E-state index in [0.29, 0.717) is 22.1 Å². The van der Waals surface area contributed by atoms with Gasteiger partial charge in [0, 0.05) is 10.7 Å². The van der Waals surface area contributed by atoms with Crippen LogP contribution in [-0.4, -0.2) is 32.7 Å². The van der Waals surface area contributed by atoms with E-state index in [9.17, 15) is 13.2 Å². The molecule has 0 saturated heterocycles. The van der Waals surface area contributed by atoms with E-state index in [1.165, 1.54) is 4.31 Å². The second-order valence-corrected chi connectivity index (χ2v) is 8.55. The summed E-state index contributed by atoms with van der Waals surface area (Å²) < 4.78 is 31.9. The molecule has 1 amide bonds. The van der Waals surface area contributed by atoms with E-state index in [2.05, 4.69) is 5.32 Å². The fourth-order valence-corrected chi connectivity index (χ4v) is 3.96. The van der Waals surface area contributed by atoms with Crippen LogP contribution < -0.4 is 14.4 Å². The Kier molecular flexibility index (Phi) is 5.11. The van der Waals surface area contributed by atoms with Crippen LogP contribution in [0, 0.1) is 6.92 Å². The third-order valence-corrected chi connectivity index (χ3v) is 6.32. The first-order valence-corrected chi connectivity index (χ1v) is 10.1. The number of hydrogen-bond acceptors (Lipinski definition) is 4. The van der Waals surface area contributed by atoms with Gasteiger partial charge in [-0.1, -0.05) is 29.8 Å². The molecule has 3 rings (SSSR count). The number of aryl methyl sites for hydroxylation is 1. The average molecular weight is 395 g/mol. The number of anilines is 2. The third-order valence-electron chi connectivity index (χ3n) is 4.17. The van der Waals surface area contributed by atoms with Crippen molar-refractivity contribution < 1.29 is 17.9 Å². The van der Waals surface area contributed by atoms with Gasteiger partial charge >= 0.3 is 0 Å². The van der Waals surface area contributed by atoms with Crippen LogP contribution in [0.4, 0.5) is 11.4 Å². The summed E-state index contributed by atoms with van der Waals surface area (Å²) in [5.41, 5.74) is 1.86. The highest BCUT2D eigenvalue weighted by Gasteiger charge is 2.35. The molecule has 1 aliphatic heterocycles. The molecule has 26 heavy (non-hydrogen) atoms. The molecule has 0 fully saturated rings. The van der Waals surface area contributed by atoms with Gasteiger partial charge < -0.3 is 10.1 Å². The molecule has 0 radical (unpaired) electrons. The van der Waals surface area contributed by atoms with E-state index in [1.54, 1.807) is 49.4 Å². The molecule has 2 aromatic rings. The van der Waals surface area contributed by atoms with Crippen molar-refractivity contribution in [1.29, 1.82) is 0 Å². The molecule has 0 aromatic heterocycles. The van der Waals surface area contributed by atoms with Gasteiger partial charge in [0.25, 0.3) is 5.91 Å². The molecule has 2 aromatic carbocycles. The van der Waals surface area contributed by atoms with E-state index < -0.39 is 22.0 Å². The molecule has 0 bridgehead atoms. The SMILES string of the molecule is CCS(=O)(=O)N1CC(C(=O)Nc2ccc(C)c(Cl)c2)Oc2ccccc21. The summed E-state index contributed by atoms with van der Waals surface area (Å²) in [5.74, 6) is -0.142. The average Bonchev–Trinajstić information content (AvgIpc) is 2.63. The summed E-state index contributed by atoms with van der Waals surface area (Å²) in [6, 6.07) is 11.9. The lowest BCUT2D eigenvalue weighted by molar-refractivity contribution is -0.122.